The Morgan fingerprint density at radius 2 is 2.00 bits per heavy atom. The number of carbonyl (C=O) groups excluding carboxylic acids is 2. The highest BCUT2D eigenvalue weighted by atomic mass is 19.1. The Balaban J connectivity index is 2.34. The lowest BCUT2D eigenvalue weighted by atomic mass is 10.2. The maximum absolute atomic E-state index is 13.3. The minimum Gasteiger partial charge on any atom is -0.354 e. The molecule has 0 fully saturated rings. The van der Waals surface area contributed by atoms with E-state index in [9.17, 15) is 14.0 Å². The molecule has 19 heavy (non-hydrogen) atoms. The van der Waals surface area contributed by atoms with Crippen molar-refractivity contribution in [1.82, 2.24) is 10.6 Å². The van der Waals surface area contributed by atoms with E-state index < -0.39 is 11.7 Å². The van der Waals surface area contributed by atoms with E-state index in [2.05, 4.69) is 10.6 Å². The second-order valence-corrected chi connectivity index (χ2v) is 3.87. The zero-order valence-electron chi connectivity index (χ0n) is 10.8. The van der Waals surface area contributed by atoms with Crippen LogP contribution in [0.1, 0.15) is 23.7 Å². The average molecular weight is 264 g/mol. The van der Waals surface area contributed by atoms with Crippen LogP contribution in [-0.4, -0.2) is 24.9 Å². The molecule has 0 aliphatic carbocycles. The molecule has 5 heteroatoms. The van der Waals surface area contributed by atoms with E-state index in [0.717, 1.165) is 6.42 Å². The van der Waals surface area contributed by atoms with Crippen molar-refractivity contribution >= 4 is 11.8 Å². The van der Waals surface area contributed by atoms with Gasteiger partial charge in [-0.15, -0.1) is 0 Å². The Bertz CT molecular complexity index is 472. The first-order chi connectivity index (χ1) is 9.15. The summed E-state index contributed by atoms with van der Waals surface area (Å²) in [5.74, 6) is -1.50. The number of amides is 2. The van der Waals surface area contributed by atoms with Crippen LogP contribution in [0.4, 0.5) is 4.39 Å². The van der Waals surface area contributed by atoms with Crippen molar-refractivity contribution < 1.29 is 14.0 Å². The number of halogens is 1. The van der Waals surface area contributed by atoms with E-state index in [4.69, 9.17) is 0 Å². The van der Waals surface area contributed by atoms with E-state index in [1.165, 1.54) is 18.2 Å². The standard InChI is InChI=1S/C14H17FN2O2/c1-2-3-6-9-16-13(18)10-17-14(19)11-7-4-5-8-12(11)15/h2-5,7-8H,6,9-10H2,1H3,(H,16,18)(H,17,19)/b3-2+. The molecule has 0 spiro atoms. The summed E-state index contributed by atoms with van der Waals surface area (Å²) < 4.78 is 13.3. The predicted octanol–water partition coefficient (Wildman–Crippen LogP) is 1.64. The van der Waals surface area contributed by atoms with Crippen molar-refractivity contribution in [1.29, 1.82) is 0 Å². The minimum absolute atomic E-state index is 0.0655. The average Bonchev–Trinajstić information content (AvgIpc) is 2.41. The first kappa shape index (κ1) is 14.9. The fraction of sp³-hybridized carbons (Fsp3) is 0.286. The van der Waals surface area contributed by atoms with E-state index in [-0.39, 0.29) is 18.0 Å². The molecule has 0 saturated heterocycles. The lowest BCUT2D eigenvalue weighted by Gasteiger charge is -2.06. The molecule has 1 aromatic rings. The summed E-state index contributed by atoms with van der Waals surface area (Å²) in [4.78, 5) is 23.0. The molecule has 0 aliphatic heterocycles. The Hall–Kier alpha value is -2.17. The number of benzene rings is 1. The third kappa shape index (κ3) is 5.33. The largest absolute Gasteiger partial charge is 0.354 e. The predicted molar refractivity (Wildman–Crippen MR) is 71.2 cm³/mol. The summed E-state index contributed by atoms with van der Waals surface area (Å²) in [5, 5.41) is 5.01. The molecule has 1 rings (SSSR count). The van der Waals surface area contributed by atoms with Crippen molar-refractivity contribution in [3.63, 3.8) is 0 Å². The number of hydrogen-bond acceptors (Lipinski definition) is 2. The van der Waals surface area contributed by atoms with E-state index in [1.54, 1.807) is 6.07 Å². The van der Waals surface area contributed by atoms with Gasteiger partial charge < -0.3 is 10.6 Å². The van der Waals surface area contributed by atoms with E-state index in [1.807, 2.05) is 19.1 Å². The van der Waals surface area contributed by atoms with Gasteiger partial charge in [-0.1, -0.05) is 24.3 Å². The number of nitrogens with one attached hydrogen (secondary N) is 2. The quantitative estimate of drug-likeness (QED) is 0.606. The summed E-state index contributed by atoms with van der Waals surface area (Å²) in [5.41, 5.74) is -0.0655. The lowest BCUT2D eigenvalue weighted by Crippen LogP contribution is -2.37. The van der Waals surface area contributed by atoms with Gasteiger partial charge in [0.2, 0.25) is 5.91 Å². The fourth-order valence-corrected chi connectivity index (χ4v) is 1.43. The smallest absolute Gasteiger partial charge is 0.254 e. The topological polar surface area (TPSA) is 58.2 Å². The molecule has 102 valence electrons. The van der Waals surface area contributed by atoms with Gasteiger partial charge in [0.1, 0.15) is 5.82 Å². The van der Waals surface area contributed by atoms with Crippen LogP contribution in [0.2, 0.25) is 0 Å². The van der Waals surface area contributed by atoms with Gasteiger partial charge in [0.05, 0.1) is 12.1 Å². The van der Waals surface area contributed by atoms with Crippen molar-refractivity contribution in [2.24, 2.45) is 0 Å². The molecule has 0 radical (unpaired) electrons. The molecule has 0 unspecified atom stereocenters. The van der Waals surface area contributed by atoms with Crippen LogP contribution in [0, 0.1) is 5.82 Å². The number of rotatable bonds is 6. The highest BCUT2D eigenvalue weighted by Gasteiger charge is 2.11. The Labute approximate surface area is 111 Å². The molecule has 4 nitrogen and oxygen atoms in total. The molecule has 0 heterocycles. The second-order valence-electron chi connectivity index (χ2n) is 3.87. The number of allylic oxidation sites excluding steroid dienone is 1. The normalized spacial score (nSPS) is 10.4. The summed E-state index contributed by atoms with van der Waals surface area (Å²) in [6, 6.07) is 5.63. The van der Waals surface area contributed by atoms with Gasteiger partial charge in [0.25, 0.3) is 5.91 Å². The van der Waals surface area contributed by atoms with Crippen molar-refractivity contribution in [2.75, 3.05) is 13.1 Å². The maximum atomic E-state index is 13.3. The SMILES string of the molecule is C/C=C/CCNC(=O)CNC(=O)c1ccccc1F. The zero-order valence-corrected chi connectivity index (χ0v) is 10.8. The summed E-state index contributed by atoms with van der Waals surface area (Å²) in [6.45, 7) is 2.25. The maximum Gasteiger partial charge on any atom is 0.254 e. The molecule has 0 aliphatic rings. The number of carbonyl (C=O) groups is 2. The molecule has 2 N–H and O–H groups in total. The summed E-state index contributed by atoms with van der Waals surface area (Å²) >= 11 is 0. The van der Waals surface area contributed by atoms with Gasteiger partial charge in [-0.3, -0.25) is 9.59 Å². The van der Waals surface area contributed by atoms with Gasteiger partial charge >= 0.3 is 0 Å². The second kappa shape index (κ2) is 8.02. The van der Waals surface area contributed by atoms with Crippen LogP contribution in [0.3, 0.4) is 0 Å². The van der Waals surface area contributed by atoms with Gasteiger partial charge in [0.15, 0.2) is 0 Å². The monoisotopic (exact) mass is 264 g/mol. The van der Waals surface area contributed by atoms with Crippen LogP contribution in [0.25, 0.3) is 0 Å². The highest BCUT2D eigenvalue weighted by molar-refractivity contribution is 5.96. The fourth-order valence-electron chi connectivity index (χ4n) is 1.43. The molecule has 2 amide bonds. The highest BCUT2D eigenvalue weighted by Crippen LogP contribution is 2.05. The van der Waals surface area contributed by atoms with Gasteiger partial charge in [-0.25, -0.2) is 4.39 Å². The molecule has 0 atom stereocenters. The summed E-state index contributed by atoms with van der Waals surface area (Å²) in [7, 11) is 0. The van der Waals surface area contributed by atoms with Crippen LogP contribution in [0.15, 0.2) is 36.4 Å². The van der Waals surface area contributed by atoms with Crippen molar-refractivity contribution in [3.8, 4) is 0 Å². The van der Waals surface area contributed by atoms with Crippen LogP contribution >= 0.6 is 0 Å². The molecular formula is C14H17FN2O2. The van der Waals surface area contributed by atoms with Gasteiger partial charge in [-0.2, -0.15) is 0 Å². The number of hydrogen-bond donors (Lipinski definition) is 2. The lowest BCUT2D eigenvalue weighted by molar-refractivity contribution is -0.120. The Morgan fingerprint density at radius 3 is 2.68 bits per heavy atom. The van der Waals surface area contributed by atoms with Crippen LogP contribution < -0.4 is 10.6 Å². The Kier molecular flexibility index (Phi) is 6.29. The van der Waals surface area contributed by atoms with Gasteiger partial charge in [-0.05, 0) is 25.5 Å². The third-order valence-corrected chi connectivity index (χ3v) is 2.40. The molecule has 0 bridgehead atoms. The van der Waals surface area contributed by atoms with Crippen LogP contribution in [0.5, 0.6) is 0 Å². The minimum atomic E-state index is -0.603. The Morgan fingerprint density at radius 1 is 1.26 bits per heavy atom. The molecule has 0 saturated carbocycles. The summed E-state index contributed by atoms with van der Waals surface area (Å²) in [6.07, 6.45) is 4.56. The van der Waals surface area contributed by atoms with Crippen molar-refractivity contribution in [3.05, 3.63) is 47.8 Å². The van der Waals surface area contributed by atoms with Crippen molar-refractivity contribution in [2.45, 2.75) is 13.3 Å². The molecule has 1 aromatic carbocycles. The first-order valence-electron chi connectivity index (χ1n) is 6.05. The third-order valence-electron chi connectivity index (χ3n) is 2.40. The molecular weight excluding hydrogens is 247 g/mol. The van der Waals surface area contributed by atoms with E-state index in [0.29, 0.717) is 6.54 Å². The van der Waals surface area contributed by atoms with Gasteiger partial charge in [0, 0.05) is 6.54 Å². The first-order valence-corrected chi connectivity index (χ1v) is 6.05. The zero-order chi connectivity index (χ0) is 14.1. The molecule has 0 aromatic heterocycles. The van der Waals surface area contributed by atoms with Crippen LogP contribution in [-0.2, 0) is 4.79 Å². The van der Waals surface area contributed by atoms with E-state index >= 15 is 0 Å².